The zero-order chi connectivity index (χ0) is 14.7. The van der Waals surface area contributed by atoms with Crippen molar-refractivity contribution in [2.24, 2.45) is 17.8 Å². The van der Waals surface area contributed by atoms with Crippen LogP contribution in [0.5, 0.6) is 0 Å². The highest BCUT2D eigenvalue weighted by Gasteiger charge is 2.33. The summed E-state index contributed by atoms with van der Waals surface area (Å²) < 4.78 is 18.3. The maximum absolute atomic E-state index is 12.4. The summed E-state index contributed by atoms with van der Waals surface area (Å²) in [6.45, 7) is 8.78. The average molecular weight is 294 g/mol. The highest BCUT2D eigenvalue weighted by Crippen LogP contribution is 2.36. The predicted molar refractivity (Wildman–Crippen MR) is 83.8 cm³/mol. The molecule has 2 nitrogen and oxygen atoms in total. The van der Waals surface area contributed by atoms with Gasteiger partial charge >= 0.3 is 0 Å². The highest BCUT2D eigenvalue weighted by molar-refractivity contribution is 7.80. The Bertz CT molecular complexity index is 453. The van der Waals surface area contributed by atoms with Crippen LogP contribution >= 0.6 is 0 Å². The Hall–Kier alpha value is -0.670. The molecule has 0 saturated heterocycles. The SMILES string of the molecule is Cc1ccc([S@](=O)O[C@@H]2C[C@H](C)CC[C@@H]2C(C)C)cc1. The minimum Gasteiger partial charge on any atom is -0.283 e. The van der Waals surface area contributed by atoms with E-state index in [4.69, 9.17) is 4.18 Å². The van der Waals surface area contributed by atoms with Crippen molar-refractivity contribution < 1.29 is 8.39 Å². The van der Waals surface area contributed by atoms with Crippen LogP contribution in [0.1, 0.15) is 45.6 Å². The summed E-state index contributed by atoms with van der Waals surface area (Å²) in [4.78, 5) is 0.774. The fourth-order valence-corrected chi connectivity index (χ4v) is 3.96. The van der Waals surface area contributed by atoms with Gasteiger partial charge in [0.15, 0.2) is 11.1 Å². The molecule has 1 aliphatic carbocycles. The second-order valence-corrected chi connectivity index (χ2v) is 7.64. The lowest BCUT2D eigenvalue weighted by Crippen LogP contribution is -2.34. The van der Waals surface area contributed by atoms with E-state index in [1.165, 1.54) is 18.4 Å². The van der Waals surface area contributed by atoms with Crippen LogP contribution in [0.15, 0.2) is 29.2 Å². The van der Waals surface area contributed by atoms with Gasteiger partial charge in [0.25, 0.3) is 0 Å². The largest absolute Gasteiger partial charge is 0.283 e. The molecule has 0 unspecified atom stereocenters. The van der Waals surface area contributed by atoms with Crippen LogP contribution in [-0.4, -0.2) is 10.3 Å². The number of hydrogen-bond acceptors (Lipinski definition) is 2. The third-order valence-electron chi connectivity index (χ3n) is 4.39. The Morgan fingerprint density at radius 3 is 2.45 bits per heavy atom. The van der Waals surface area contributed by atoms with Gasteiger partial charge in [0.2, 0.25) is 0 Å². The normalized spacial score (nSPS) is 28.6. The Morgan fingerprint density at radius 2 is 1.85 bits per heavy atom. The molecule has 0 aliphatic heterocycles. The summed E-state index contributed by atoms with van der Waals surface area (Å²) in [5.74, 6) is 1.79. The van der Waals surface area contributed by atoms with Gasteiger partial charge in [-0.3, -0.25) is 4.18 Å². The van der Waals surface area contributed by atoms with Gasteiger partial charge in [0.05, 0.1) is 11.0 Å². The Balaban J connectivity index is 2.05. The van der Waals surface area contributed by atoms with Gasteiger partial charge in [-0.15, -0.1) is 0 Å². The summed E-state index contributed by atoms with van der Waals surface area (Å²) in [6, 6.07) is 7.78. The van der Waals surface area contributed by atoms with Crippen LogP contribution in [0.4, 0.5) is 0 Å². The maximum atomic E-state index is 12.4. The van der Waals surface area contributed by atoms with Gasteiger partial charge in [-0.2, -0.15) is 0 Å². The first-order valence-corrected chi connectivity index (χ1v) is 8.70. The topological polar surface area (TPSA) is 26.3 Å². The molecule has 1 saturated carbocycles. The smallest absolute Gasteiger partial charge is 0.189 e. The molecular weight excluding hydrogens is 268 g/mol. The molecule has 2 rings (SSSR count). The summed E-state index contributed by atoms with van der Waals surface area (Å²) in [6.07, 6.45) is 3.61. The summed E-state index contributed by atoms with van der Waals surface area (Å²) in [5, 5.41) is 0. The molecule has 0 aromatic heterocycles. The van der Waals surface area contributed by atoms with E-state index in [2.05, 4.69) is 20.8 Å². The van der Waals surface area contributed by atoms with E-state index in [-0.39, 0.29) is 6.10 Å². The molecule has 112 valence electrons. The van der Waals surface area contributed by atoms with E-state index in [9.17, 15) is 4.21 Å². The third-order valence-corrected chi connectivity index (χ3v) is 5.46. The van der Waals surface area contributed by atoms with Crippen molar-refractivity contribution >= 4 is 11.1 Å². The van der Waals surface area contributed by atoms with Crippen molar-refractivity contribution in [3.8, 4) is 0 Å². The summed E-state index contributed by atoms with van der Waals surface area (Å²) in [7, 11) is 0. The monoisotopic (exact) mass is 294 g/mol. The van der Waals surface area contributed by atoms with Crippen molar-refractivity contribution in [1.29, 1.82) is 0 Å². The van der Waals surface area contributed by atoms with Crippen LogP contribution in [0.25, 0.3) is 0 Å². The van der Waals surface area contributed by atoms with Gasteiger partial charge in [-0.25, -0.2) is 4.21 Å². The molecule has 1 fully saturated rings. The number of benzene rings is 1. The van der Waals surface area contributed by atoms with E-state index in [0.717, 1.165) is 11.3 Å². The molecule has 0 spiro atoms. The van der Waals surface area contributed by atoms with E-state index in [0.29, 0.717) is 17.8 Å². The number of hydrogen-bond donors (Lipinski definition) is 0. The first-order chi connectivity index (χ1) is 9.47. The van der Waals surface area contributed by atoms with E-state index in [1.54, 1.807) is 0 Å². The Kier molecular flexibility index (Phi) is 5.39. The highest BCUT2D eigenvalue weighted by atomic mass is 32.2. The van der Waals surface area contributed by atoms with Crippen molar-refractivity contribution in [3.05, 3.63) is 29.8 Å². The van der Waals surface area contributed by atoms with Crippen molar-refractivity contribution in [1.82, 2.24) is 0 Å². The van der Waals surface area contributed by atoms with Crippen LogP contribution in [0.2, 0.25) is 0 Å². The molecule has 0 N–H and O–H groups in total. The molecule has 1 aromatic carbocycles. The van der Waals surface area contributed by atoms with Crippen LogP contribution < -0.4 is 0 Å². The van der Waals surface area contributed by atoms with Crippen LogP contribution in [0.3, 0.4) is 0 Å². The minimum atomic E-state index is -1.34. The standard InChI is InChI=1S/C17H26O2S/c1-12(2)16-10-7-14(4)11-17(16)19-20(18)15-8-5-13(3)6-9-15/h5-6,8-9,12,14,16-17H,7,10-11H2,1-4H3/t14-,16-,17-,20-/m1/s1. The lowest BCUT2D eigenvalue weighted by molar-refractivity contribution is 0.0567. The van der Waals surface area contributed by atoms with Gasteiger partial charge in [-0.1, -0.05) is 44.9 Å². The molecule has 1 aliphatic rings. The van der Waals surface area contributed by atoms with E-state index in [1.807, 2.05) is 31.2 Å². The molecule has 0 radical (unpaired) electrons. The first-order valence-electron chi connectivity index (χ1n) is 7.63. The minimum absolute atomic E-state index is 0.126. The lowest BCUT2D eigenvalue weighted by atomic mass is 9.75. The quantitative estimate of drug-likeness (QED) is 0.817. The molecule has 1 aromatic rings. The molecule has 4 atom stereocenters. The van der Waals surface area contributed by atoms with Gasteiger partial charge in [0, 0.05) is 0 Å². The molecule has 0 bridgehead atoms. The first kappa shape index (κ1) is 15.7. The summed E-state index contributed by atoms with van der Waals surface area (Å²) >= 11 is -1.34. The zero-order valence-electron chi connectivity index (χ0n) is 13.0. The van der Waals surface area contributed by atoms with Crippen LogP contribution in [0, 0.1) is 24.7 Å². The Morgan fingerprint density at radius 1 is 1.20 bits per heavy atom. The average Bonchev–Trinajstić information content (AvgIpc) is 2.39. The molecular formula is C17H26O2S. The molecule has 0 heterocycles. The van der Waals surface area contributed by atoms with Crippen molar-refractivity contribution in [2.45, 2.75) is 58.0 Å². The lowest BCUT2D eigenvalue weighted by Gasteiger charge is -2.36. The Labute approximate surface area is 125 Å². The molecule has 0 amide bonds. The second kappa shape index (κ2) is 6.86. The fraction of sp³-hybridized carbons (Fsp3) is 0.647. The zero-order valence-corrected chi connectivity index (χ0v) is 13.8. The third kappa shape index (κ3) is 3.92. The molecule has 20 heavy (non-hydrogen) atoms. The van der Waals surface area contributed by atoms with E-state index >= 15 is 0 Å². The summed E-state index contributed by atoms with van der Waals surface area (Å²) in [5.41, 5.74) is 1.18. The predicted octanol–water partition coefficient (Wildman–Crippen LogP) is 4.50. The number of aryl methyl sites for hydroxylation is 1. The van der Waals surface area contributed by atoms with Gasteiger partial charge < -0.3 is 0 Å². The van der Waals surface area contributed by atoms with Crippen LogP contribution in [-0.2, 0) is 15.3 Å². The van der Waals surface area contributed by atoms with Crippen molar-refractivity contribution in [2.75, 3.05) is 0 Å². The molecule has 3 heteroatoms. The van der Waals surface area contributed by atoms with Gasteiger partial charge in [-0.05, 0) is 49.7 Å². The van der Waals surface area contributed by atoms with Gasteiger partial charge in [0.1, 0.15) is 0 Å². The second-order valence-electron chi connectivity index (χ2n) is 6.51. The fourth-order valence-electron chi connectivity index (χ4n) is 3.04. The number of rotatable bonds is 4. The van der Waals surface area contributed by atoms with Crippen molar-refractivity contribution in [3.63, 3.8) is 0 Å². The van der Waals surface area contributed by atoms with E-state index < -0.39 is 11.1 Å². The maximum Gasteiger partial charge on any atom is 0.189 e.